The summed E-state index contributed by atoms with van der Waals surface area (Å²) >= 11 is 0. The van der Waals surface area contributed by atoms with Crippen molar-refractivity contribution in [1.82, 2.24) is 0 Å². The lowest BCUT2D eigenvalue weighted by molar-refractivity contribution is 0.0728. The van der Waals surface area contributed by atoms with E-state index in [2.05, 4.69) is 6.92 Å². The minimum atomic E-state index is -1.26. The van der Waals surface area contributed by atoms with Gasteiger partial charge in [0.1, 0.15) is 11.5 Å². The van der Waals surface area contributed by atoms with Crippen molar-refractivity contribution in [2.75, 3.05) is 13.2 Å². The second-order valence-corrected chi connectivity index (χ2v) is 10.4. The van der Waals surface area contributed by atoms with Gasteiger partial charge in [-0.05, 0) is 61.6 Å². The van der Waals surface area contributed by atoms with Crippen molar-refractivity contribution >= 4 is 5.97 Å². The molecule has 1 aliphatic carbocycles. The third kappa shape index (κ3) is 10.3. The smallest absolute Gasteiger partial charge is 0.346 e. The number of halogens is 2. The molecule has 0 radical (unpaired) electrons. The van der Waals surface area contributed by atoms with Crippen molar-refractivity contribution in [3.8, 4) is 17.2 Å². The summed E-state index contributed by atoms with van der Waals surface area (Å²) in [6.07, 6.45) is 18.1. The Morgan fingerprint density at radius 1 is 0.737 bits per heavy atom. The van der Waals surface area contributed by atoms with Crippen molar-refractivity contribution in [3.63, 3.8) is 0 Å². The van der Waals surface area contributed by atoms with Gasteiger partial charge in [-0.3, -0.25) is 0 Å². The van der Waals surface area contributed by atoms with Gasteiger partial charge in [0.05, 0.1) is 18.8 Å². The number of carbonyl (C=O) groups excluding carboxylic acids is 1. The van der Waals surface area contributed by atoms with Gasteiger partial charge in [-0.2, -0.15) is 4.39 Å². The van der Waals surface area contributed by atoms with Crippen LogP contribution in [-0.4, -0.2) is 19.2 Å². The summed E-state index contributed by atoms with van der Waals surface area (Å²) in [6, 6.07) is 9.10. The largest absolute Gasteiger partial charge is 0.493 e. The average Bonchev–Trinajstić information content (AvgIpc) is 2.94. The van der Waals surface area contributed by atoms with Crippen LogP contribution in [0.15, 0.2) is 36.4 Å². The van der Waals surface area contributed by atoms with Crippen LogP contribution in [0.3, 0.4) is 0 Å². The first-order valence-electron chi connectivity index (χ1n) is 14.6. The lowest BCUT2D eigenvalue weighted by atomic mass is 9.90. The summed E-state index contributed by atoms with van der Waals surface area (Å²) in [4.78, 5) is 12.5. The second-order valence-electron chi connectivity index (χ2n) is 10.4. The van der Waals surface area contributed by atoms with Gasteiger partial charge in [0.15, 0.2) is 11.6 Å². The fourth-order valence-electron chi connectivity index (χ4n) is 4.91. The number of unbranched alkanes of at least 4 members (excludes halogenated alkanes) is 9. The molecule has 4 nitrogen and oxygen atoms in total. The molecule has 1 saturated carbocycles. The summed E-state index contributed by atoms with van der Waals surface area (Å²) in [5.41, 5.74) is -0.466. The summed E-state index contributed by atoms with van der Waals surface area (Å²) in [5, 5.41) is 0. The zero-order valence-corrected chi connectivity index (χ0v) is 23.0. The molecule has 0 heterocycles. The third-order valence-electron chi connectivity index (χ3n) is 7.27. The molecule has 1 aliphatic rings. The Hall–Kier alpha value is -2.63. The number of ether oxygens (including phenoxy) is 3. The molecule has 0 bridgehead atoms. The molecule has 0 amide bonds. The predicted molar refractivity (Wildman–Crippen MR) is 147 cm³/mol. The Morgan fingerprint density at radius 2 is 1.34 bits per heavy atom. The van der Waals surface area contributed by atoms with E-state index >= 15 is 0 Å². The summed E-state index contributed by atoms with van der Waals surface area (Å²) in [7, 11) is 0. The van der Waals surface area contributed by atoms with Gasteiger partial charge in [0, 0.05) is 0 Å². The Kier molecular flexibility index (Phi) is 13.4. The summed E-state index contributed by atoms with van der Waals surface area (Å²) in [5.74, 6) is -2.06. The van der Waals surface area contributed by atoms with Crippen molar-refractivity contribution in [2.24, 2.45) is 5.92 Å². The number of hydrogen-bond donors (Lipinski definition) is 0. The Morgan fingerprint density at radius 3 is 2.00 bits per heavy atom. The number of esters is 1. The van der Waals surface area contributed by atoms with E-state index in [0.717, 1.165) is 19.3 Å². The molecule has 1 fully saturated rings. The van der Waals surface area contributed by atoms with Gasteiger partial charge in [-0.15, -0.1) is 0 Å². The van der Waals surface area contributed by atoms with E-state index in [1.807, 2.05) is 0 Å². The van der Waals surface area contributed by atoms with E-state index in [1.54, 1.807) is 24.3 Å². The third-order valence-corrected chi connectivity index (χ3v) is 7.27. The van der Waals surface area contributed by atoms with Gasteiger partial charge in [0.25, 0.3) is 0 Å². The van der Waals surface area contributed by atoms with Crippen LogP contribution in [0.2, 0.25) is 0 Å². The van der Waals surface area contributed by atoms with E-state index in [0.29, 0.717) is 24.9 Å². The Labute approximate surface area is 227 Å². The van der Waals surface area contributed by atoms with Crippen LogP contribution in [0.4, 0.5) is 8.78 Å². The number of benzene rings is 2. The zero-order chi connectivity index (χ0) is 27.0. The van der Waals surface area contributed by atoms with E-state index in [4.69, 9.17) is 14.2 Å². The van der Waals surface area contributed by atoms with Crippen LogP contribution in [0.25, 0.3) is 0 Å². The lowest BCUT2D eigenvalue weighted by Crippen LogP contribution is -2.15. The van der Waals surface area contributed by atoms with Gasteiger partial charge in [-0.25, -0.2) is 9.18 Å². The maximum Gasteiger partial charge on any atom is 0.346 e. The first kappa shape index (κ1) is 29.9. The highest BCUT2D eigenvalue weighted by molar-refractivity contribution is 5.91. The Bertz CT molecular complexity index is 955. The molecular weight excluding hydrogens is 486 g/mol. The molecule has 38 heavy (non-hydrogen) atoms. The highest BCUT2D eigenvalue weighted by Crippen LogP contribution is 2.27. The zero-order valence-electron chi connectivity index (χ0n) is 23.0. The van der Waals surface area contributed by atoms with Crippen LogP contribution in [0.1, 0.15) is 114 Å². The van der Waals surface area contributed by atoms with Crippen molar-refractivity contribution in [2.45, 2.75) is 103 Å². The fraction of sp³-hybridized carbons (Fsp3) is 0.594. The minimum absolute atomic E-state index is 0.186. The van der Waals surface area contributed by atoms with E-state index in [1.165, 1.54) is 89.2 Å². The molecule has 210 valence electrons. The monoisotopic (exact) mass is 530 g/mol. The number of hydrogen-bond acceptors (Lipinski definition) is 4. The van der Waals surface area contributed by atoms with Crippen molar-refractivity contribution in [3.05, 3.63) is 53.6 Å². The molecule has 0 unspecified atom stereocenters. The normalized spacial score (nSPS) is 13.9. The molecule has 0 atom stereocenters. The van der Waals surface area contributed by atoms with Gasteiger partial charge in [0.2, 0.25) is 5.82 Å². The highest BCUT2D eigenvalue weighted by atomic mass is 19.2. The highest BCUT2D eigenvalue weighted by Gasteiger charge is 2.21. The quantitative estimate of drug-likeness (QED) is 0.116. The van der Waals surface area contributed by atoms with Gasteiger partial charge in [-0.1, -0.05) is 84.0 Å². The predicted octanol–water partition coefficient (Wildman–Crippen LogP) is 9.44. The number of rotatable bonds is 17. The van der Waals surface area contributed by atoms with Gasteiger partial charge >= 0.3 is 5.97 Å². The molecule has 0 N–H and O–H groups in total. The molecule has 2 aromatic carbocycles. The first-order chi connectivity index (χ1) is 18.6. The number of carbonyl (C=O) groups is 1. The second kappa shape index (κ2) is 17.1. The summed E-state index contributed by atoms with van der Waals surface area (Å²) < 4.78 is 45.7. The molecule has 0 saturated heterocycles. The molecule has 0 spiro atoms. The maximum absolute atomic E-state index is 14.6. The Balaban J connectivity index is 1.37. The van der Waals surface area contributed by atoms with E-state index < -0.39 is 23.2 Å². The van der Waals surface area contributed by atoms with Crippen molar-refractivity contribution < 1.29 is 27.8 Å². The minimum Gasteiger partial charge on any atom is -0.493 e. The molecule has 6 heteroatoms. The molecular formula is C32H44F2O4. The summed E-state index contributed by atoms with van der Waals surface area (Å²) in [6.45, 7) is 3.21. The first-order valence-corrected chi connectivity index (χ1v) is 14.6. The van der Waals surface area contributed by atoms with Crippen molar-refractivity contribution in [1.29, 1.82) is 0 Å². The van der Waals surface area contributed by atoms with Crippen LogP contribution in [0.5, 0.6) is 17.2 Å². The SMILES string of the molecule is CCCCCCCCCCCCOc1ccc(C(=O)Oc2ccc(OCC3CCCCC3)cc2)c(F)c1F. The molecule has 0 aliphatic heterocycles. The maximum atomic E-state index is 14.6. The van der Waals surface area contributed by atoms with Crippen LogP contribution in [-0.2, 0) is 0 Å². The van der Waals surface area contributed by atoms with Crippen LogP contribution in [0, 0.1) is 17.6 Å². The standard InChI is InChI=1S/C32H44F2O4/c1-2-3-4-5-6-7-8-9-10-14-23-36-29-22-21-28(30(33)31(29)34)32(35)38-27-19-17-26(18-20-27)37-24-25-15-12-11-13-16-25/h17-22,25H,2-16,23-24H2,1H3. The average molecular weight is 531 g/mol. The van der Waals surface area contributed by atoms with Gasteiger partial charge < -0.3 is 14.2 Å². The van der Waals surface area contributed by atoms with Crippen LogP contribution >= 0.6 is 0 Å². The molecule has 3 rings (SSSR count). The lowest BCUT2D eigenvalue weighted by Gasteiger charge is -2.21. The van der Waals surface area contributed by atoms with Crippen LogP contribution < -0.4 is 14.2 Å². The topological polar surface area (TPSA) is 44.8 Å². The molecule has 0 aromatic heterocycles. The fourth-order valence-corrected chi connectivity index (χ4v) is 4.91. The van der Waals surface area contributed by atoms with E-state index in [9.17, 15) is 13.6 Å². The molecule has 2 aromatic rings. The van der Waals surface area contributed by atoms with E-state index in [-0.39, 0.29) is 11.5 Å².